The fraction of sp³-hybridized carbons (Fsp3) is 0.300. The lowest BCUT2D eigenvalue weighted by Gasteiger charge is -2.09. The predicted molar refractivity (Wildman–Crippen MR) is 101 cm³/mol. The number of benzene rings is 2. The quantitative estimate of drug-likeness (QED) is 0.583. The van der Waals surface area contributed by atoms with Gasteiger partial charge in [0.05, 0.1) is 33.0 Å². The van der Waals surface area contributed by atoms with Gasteiger partial charge in [-0.15, -0.1) is 0 Å². The topological polar surface area (TPSA) is 69.2 Å². The van der Waals surface area contributed by atoms with Gasteiger partial charge in [-0.1, -0.05) is 6.07 Å². The smallest absolute Gasteiger partial charge is 0.244 e. The molecule has 0 heterocycles. The monoisotopic (exact) mass is 356 g/mol. The van der Waals surface area contributed by atoms with Gasteiger partial charge < -0.3 is 14.2 Å². The van der Waals surface area contributed by atoms with Crippen LogP contribution in [0.5, 0.6) is 17.2 Å². The SMILES string of the molecule is CCOc1ccc(/C(C)=N\NC(=O)Cc2ccc(OC)c(OC)c2)cc1. The molecule has 0 aromatic heterocycles. The zero-order valence-electron chi connectivity index (χ0n) is 15.5. The van der Waals surface area contributed by atoms with E-state index in [1.54, 1.807) is 26.4 Å². The molecule has 0 aliphatic rings. The van der Waals surface area contributed by atoms with Crippen LogP contribution in [-0.2, 0) is 11.2 Å². The summed E-state index contributed by atoms with van der Waals surface area (Å²) in [6.07, 6.45) is 0.195. The second-order valence-electron chi connectivity index (χ2n) is 5.56. The number of nitrogens with one attached hydrogen (secondary N) is 1. The minimum absolute atomic E-state index is 0.195. The highest BCUT2D eigenvalue weighted by Gasteiger charge is 2.08. The summed E-state index contributed by atoms with van der Waals surface area (Å²) in [4.78, 5) is 12.1. The maximum atomic E-state index is 12.1. The van der Waals surface area contributed by atoms with Gasteiger partial charge in [-0.3, -0.25) is 4.79 Å². The summed E-state index contributed by atoms with van der Waals surface area (Å²) >= 11 is 0. The minimum atomic E-state index is -0.206. The maximum Gasteiger partial charge on any atom is 0.244 e. The van der Waals surface area contributed by atoms with Crippen molar-refractivity contribution in [3.8, 4) is 17.2 Å². The van der Waals surface area contributed by atoms with Crippen molar-refractivity contribution in [3.05, 3.63) is 53.6 Å². The summed E-state index contributed by atoms with van der Waals surface area (Å²) in [6, 6.07) is 12.9. The molecule has 6 heteroatoms. The van der Waals surface area contributed by atoms with E-state index in [-0.39, 0.29) is 12.3 Å². The molecule has 0 radical (unpaired) electrons. The van der Waals surface area contributed by atoms with Crippen LogP contribution in [0.4, 0.5) is 0 Å². The molecule has 2 aromatic rings. The lowest BCUT2D eigenvalue weighted by atomic mass is 10.1. The van der Waals surface area contributed by atoms with Crippen LogP contribution in [0.15, 0.2) is 47.6 Å². The molecule has 0 saturated carbocycles. The number of carbonyl (C=O) groups is 1. The molecule has 0 saturated heterocycles. The van der Waals surface area contributed by atoms with Gasteiger partial charge >= 0.3 is 0 Å². The number of amides is 1. The van der Waals surface area contributed by atoms with Gasteiger partial charge in [0.2, 0.25) is 5.91 Å². The Morgan fingerprint density at radius 2 is 1.73 bits per heavy atom. The fourth-order valence-corrected chi connectivity index (χ4v) is 2.39. The van der Waals surface area contributed by atoms with E-state index in [1.807, 2.05) is 44.2 Å². The number of carbonyl (C=O) groups excluding carboxylic acids is 1. The van der Waals surface area contributed by atoms with Crippen LogP contribution in [0, 0.1) is 0 Å². The van der Waals surface area contributed by atoms with Gasteiger partial charge in [-0.25, -0.2) is 5.43 Å². The number of hydrogen-bond acceptors (Lipinski definition) is 5. The molecule has 0 aliphatic carbocycles. The normalized spacial score (nSPS) is 11.0. The van der Waals surface area contributed by atoms with Crippen LogP contribution in [0.25, 0.3) is 0 Å². The van der Waals surface area contributed by atoms with Crippen LogP contribution in [0.1, 0.15) is 25.0 Å². The first kappa shape index (κ1) is 19.3. The number of rotatable bonds is 8. The van der Waals surface area contributed by atoms with Crippen molar-refractivity contribution in [1.29, 1.82) is 0 Å². The predicted octanol–water partition coefficient (Wildman–Crippen LogP) is 3.19. The van der Waals surface area contributed by atoms with E-state index in [2.05, 4.69) is 10.5 Å². The highest BCUT2D eigenvalue weighted by atomic mass is 16.5. The Bertz CT molecular complexity index is 770. The van der Waals surface area contributed by atoms with Crippen LogP contribution < -0.4 is 19.6 Å². The van der Waals surface area contributed by atoms with E-state index in [1.165, 1.54) is 0 Å². The molecule has 0 spiro atoms. The molecule has 0 unspecified atom stereocenters. The molecule has 1 N–H and O–H groups in total. The molecule has 2 rings (SSSR count). The number of hydrazone groups is 1. The Morgan fingerprint density at radius 1 is 1.04 bits per heavy atom. The van der Waals surface area contributed by atoms with Crippen molar-refractivity contribution in [1.82, 2.24) is 5.43 Å². The molecule has 0 aliphatic heterocycles. The summed E-state index contributed by atoms with van der Waals surface area (Å²) in [5.41, 5.74) is 5.03. The summed E-state index contributed by atoms with van der Waals surface area (Å²) < 4.78 is 15.9. The summed E-state index contributed by atoms with van der Waals surface area (Å²) in [7, 11) is 3.13. The first-order valence-corrected chi connectivity index (χ1v) is 8.34. The largest absolute Gasteiger partial charge is 0.494 e. The Balaban J connectivity index is 1.97. The second-order valence-corrected chi connectivity index (χ2v) is 5.56. The average Bonchev–Trinajstić information content (AvgIpc) is 2.66. The highest BCUT2D eigenvalue weighted by molar-refractivity contribution is 5.99. The van der Waals surface area contributed by atoms with E-state index >= 15 is 0 Å². The Labute approximate surface area is 153 Å². The molecule has 1 amide bonds. The Hall–Kier alpha value is -3.02. The van der Waals surface area contributed by atoms with Crippen molar-refractivity contribution >= 4 is 11.6 Å². The molecule has 2 aromatic carbocycles. The van der Waals surface area contributed by atoms with Gasteiger partial charge in [0.25, 0.3) is 0 Å². The minimum Gasteiger partial charge on any atom is -0.494 e. The van der Waals surface area contributed by atoms with Crippen molar-refractivity contribution in [2.75, 3.05) is 20.8 Å². The third-order valence-corrected chi connectivity index (χ3v) is 3.74. The number of hydrogen-bond donors (Lipinski definition) is 1. The standard InChI is InChI=1S/C20H24N2O4/c1-5-26-17-9-7-16(8-10-17)14(2)21-22-20(23)13-15-6-11-18(24-3)19(12-15)25-4/h6-12H,5,13H2,1-4H3,(H,22,23)/b21-14-. The van der Waals surface area contributed by atoms with E-state index in [9.17, 15) is 4.79 Å². The fourth-order valence-electron chi connectivity index (χ4n) is 2.39. The lowest BCUT2D eigenvalue weighted by Crippen LogP contribution is -2.21. The zero-order chi connectivity index (χ0) is 18.9. The Morgan fingerprint density at radius 3 is 2.35 bits per heavy atom. The highest BCUT2D eigenvalue weighted by Crippen LogP contribution is 2.27. The molecule has 26 heavy (non-hydrogen) atoms. The van der Waals surface area contributed by atoms with Gasteiger partial charge in [0, 0.05) is 0 Å². The van der Waals surface area contributed by atoms with Crippen molar-refractivity contribution < 1.29 is 19.0 Å². The van der Waals surface area contributed by atoms with Crippen molar-refractivity contribution in [2.45, 2.75) is 20.3 Å². The number of methoxy groups -OCH3 is 2. The van der Waals surface area contributed by atoms with Crippen LogP contribution in [0.2, 0.25) is 0 Å². The van der Waals surface area contributed by atoms with E-state index < -0.39 is 0 Å². The van der Waals surface area contributed by atoms with Crippen LogP contribution in [0.3, 0.4) is 0 Å². The van der Waals surface area contributed by atoms with E-state index in [0.717, 1.165) is 16.9 Å². The second kappa shape index (κ2) is 9.46. The molecule has 0 bridgehead atoms. The lowest BCUT2D eigenvalue weighted by molar-refractivity contribution is -0.120. The van der Waals surface area contributed by atoms with Gasteiger partial charge in [0.15, 0.2) is 11.5 Å². The first-order chi connectivity index (χ1) is 12.6. The number of ether oxygens (including phenoxy) is 3. The molecule has 0 atom stereocenters. The molecule has 6 nitrogen and oxygen atoms in total. The zero-order valence-corrected chi connectivity index (χ0v) is 15.5. The molecular formula is C20H24N2O4. The third kappa shape index (κ3) is 5.24. The average molecular weight is 356 g/mol. The van der Waals surface area contributed by atoms with Crippen LogP contribution >= 0.6 is 0 Å². The molecule has 138 valence electrons. The first-order valence-electron chi connectivity index (χ1n) is 8.34. The van der Waals surface area contributed by atoms with Gasteiger partial charge in [0.1, 0.15) is 5.75 Å². The van der Waals surface area contributed by atoms with E-state index in [4.69, 9.17) is 14.2 Å². The molecular weight excluding hydrogens is 332 g/mol. The van der Waals surface area contributed by atoms with Gasteiger partial charge in [-0.05, 0) is 61.4 Å². The van der Waals surface area contributed by atoms with Gasteiger partial charge in [-0.2, -0.15) is 5.10 Å². The van der Waals surface area contributed by atoms with Crippen LogP contribution in [-0.4, -0.2) is 32.4 Å². The molecule has 0 fully saturated rings. The third-order valence-electron chi connectivity index (χ3n) is 3.74. The van der Waals surface area contributed by atoms with Crippen molar-refractivity contribution in [3.63, 3.8) is 0 Å². The van der Waals surface area contributed by atoms with E-state index in [0.29, 0.717) is 23.8 Å². The summed E-state index contributed by atoms with van der Waals surface area (Å²) in [6.45, 7) is 4.40. The number of nitrogens with zero attached hydrogens (tertiary/aromatic N) is 1. The van der Waals surface area contributed by atoms with Crippen molar-refractivity contribution in [2.24, 2.45) is 5.10 Å². The maximum absolute atomic E-state index is 12.1. The Kier molecular flexibility index (Phi) is 7.02. The summed E-state index contributed by atoms with van der Waals surface area (Å²) in [5, 5.41) is 4.16. The summed E-state index contributed by atoms with van der Waals surface area (Å²) in [5.74, 6) is 1.82.